The summed E-state index contributed by atoms with van der Waals surface area (Å²) in [6, 6.07) is 0.766. The topological polar surface area (TPSA) is 3.24 Å². The molecular formula is C13H25N. The summed E-state index contributed by atoms with van der Waals surface area (Å²) in [4.78, 5) is 2.48. The zero-order valence-electron chi connectivity index (χ0n) is 10.1. The highest BCUT2D eigenvalue weighted by Crippen LogP contribution is 2.12. The Labute approximate surface area is 89.9 Å². The number of unbranched alkanes of at least 4 members (excludes halogenated alkanes) is 1. The standard InChI is InChI=1S/C13H25N/c1-5-8-9-12-14(4)13(10-6-2)11-7-3/h1,13H,6-12H2,2-4H3. The van der Waals surface area contributed by atoms with Crippen molar-refractivity contribution in [2.45, 2.75) is 58.4 Å². The van der Waals surface area contributed by atoms with Crippen LogP contribution in [0.25, 0.3) is 0 Å². The first kappa shape index (κ1) is 13.5. The van der Waals surface area contributed by atoms with Crippen LogP contribution in [-0.4, -0.2) is 24.5 Å². The molecular weight excluding hydrogens is 170 g/mol. The van der Waals surface area contributed by atoms with Gasteiger partial charge in [-0.1, -0.05) is 26.7 Å². The molecule has 0 aromatic heterocycles. The first-order valence-electron chi connectivity index (χ1n) is 5.89. The van der Waals surface area contributed by atoms with Crippen LogP contribution < -0.4 is 0 Å². The summed E-state index contributed by atoms with van der Waals surface area (Å²) in [7, 11) is 2.23. The van der Waals surface area contributed by atoms with Crippen LogP contribution in [0.4, 0.5) is 0 Å². The molecule has 0 aromatic carbocycles. The molecule has 0 bridgehead atoms. The highest BCUT2D eigenvalue weighted by atomic mass is 15.1. The van der Waals surface area contributed by atoms with Gasteiger partial charge in [0.1, 0.15) is 0 Å². The molecule has 82 valence electrons. The van der Waals surface area contributed by atoms with Gasteiger partial charge in [0.2, 0.25) is 0 Å². The van der Waals surface area contributed by atoms with Gasteiger partial charge in [-0.25, -0.2) is 0 Å². The molecule has 0 unspecified atom stereocenters. The number of nitrogens with zero attached hydrogens (tertiary/aromatic N) is 1. The van der Waals surface area contributed by atoms with E-state index < -0.39 is 0 Å². The molecule has 0 aliphatic carbocycles. The fourth-order valence-electron chi connectivity index (χ4n) is 1.86. The maximum Gasteiger partial charge on any atom is 0.00982 e. The fourth-order valence-corrected chi connectivity index (χ4v) is 1.86. The lowest BCUT2D eigenvalue weighted by molar-refractivity contribution is 0.214. The van der Waals surface area contributed by atoms with Crippen LogP contribution in [0.2, 0.25) is 0 Å². The van der Waals surface area contributed by atoms with Crippen molar-refractivity contribution in [2.75, 3.05) is 13.6 Å². The quantitative estimate of drug-likeness (QED) is 0.424. The van der Waals surface area contributed by atoms with Crippen molar-refractivity contribution >= 4 is 0 Å². The fraction of sp³-hybridized carbons (Fsp3) is 0.846. The first-order chi connectivity index (χ1) is 6.76. The monoisotopic (exact) mass is 195 g/mol. The Bertz CT molecular complexity index is 151. The Kier molecular flexibility index (Phi) is 8.78. The van der Waals surface area contributed by atoms with Crippen LogP contribution >= 0.6 is 0 Å². The largest absolute Gasteiger partial charge is 0.303 e. The maximum absolute atomic E-state index is 5.24. The normalized spacial score (nSPS) is 10.9. The minimum atomic E-state index is 0.766. The van der Waals surface area contributed by atoms with Crippen molar-refractivity contribution in [1.29, 1.82) is 0 Å². The van der Waals surface area contributed by atoms with E-state index in [1.807, 2.05) is 0 Å². The number of terminal acetylenes is 1. The zero-order valence-corrected chi connectivity index (χ0v) is 10.1. The second kappa shape index (κ2) is 9.09. The van der Waals surface area contributed by atoms with Gasteiger partial charge < -0.3 is 4.90 Å². The van der Waals surface area contributed by atoms with Crippen molar-refractivity contribution in [3.05, 3.63) is 0 Å². The van der Waals surface area contributed by atoms with Crippen molar-refractivity contribution in [2.24, 2.45) is 0 Å². The molecule has 0 aliphatic heterocycles. The van der Waals surface area contributed by atoms with Gasteiger partial charge in [0.15, 0.2) is 0 Å². The van der Waals surface area contributed by atoms with Crippen LogP contribution in [0.5, 0.6) is 0 Å². The Morgan fingerprint density at radius 3 is 2.21 bits per heavy atom. The lowest BCUT2D eigenvalue weighted by Crippen LogP contribution is -2.32. The third-order valence-electron chi connectivity index (χ3n) is 2.70. The van der Waals surface area contributed by atoms with E-state index in [1.165, 1.54) is 25.7 Å². The lowest BCUT2D eigenvalue weighted by atomic mass is 10.1. The first-order valence-corrected chi connectivity index (χ1v) is 5.89. The van der Waals surface area contributed by atoms with Gasteiger partial charge in [0.25, 0.3) is 0 Å². The van der Waals surface area contributed by atoms with Gasteiger partial charge in [0, 0.05) is 12.5 Å². The molecule has 0 saturated heterocycles. The number of hydrogen-bond donors (Lipinski definition) is 0. The minimum Gasteiger partial charge on any atom is -0.303 e. The SMILES string of the molecule is C#CCCCN(C)C(CCC)CCC. The van der Waals surface area contributed by atoms with E-state index in [4.69, 9.17) is 6.42 Å². The van der Waals surface area contributed by atoms with Crippen LogP contribution in [0.3, 0.4) is 0 Å². The molecule has 1 heteroatoms. The maximum atomic E-state index is 5.24. The Morgan fingerprint density at radius 1 is 1.21 bits per heavy atom. The summed E-state index contributed by atoms with van der Waals surface area (Å²) in [5, 5.41) is 0. The average Bonchev–Trinajstić information content (AvgIpc) is 2.18. The van der Waals surface area contributed by atoms with Crippen LogP contribution in [0, 0.1) is 12.3 Å². The number of hydrogen-bond acceptors (Lipinski definition) is 1. The van der Waals surface area contributed by atoms with Gasteiger partial charge in [-0.05, 0) is 32.9 Å². The Balaban J connectivity index is 3.76. The molecule has 0 saturated carbocycles. The van der Waals surface area contributed by atoms with E-state index in [0.717, 1.165) is 25.4 Å². The molecule has 1 nitrogen and oxygen atoms in total. The van der Waals surface area contributed by atoms with E-state index in [1.54, 1.807) is 0 Å². The highest BCUT2D eigenvalue weighted by Gasteiger charge is 2.11. The molecule has 0 radical (unpaired) electrons. The zero-order chi connectivity index (χ0) is 10.8. The molecule has 0 aliphatic rings. The molecule has 14 heavy (non-hydrogen) atoms. The summed E-state index contributed by atoms with van der Waals surface area (Å²) in [6.07, 6.45) is 12.5. The third-order valence-corrected chi connectivity index (χ3v) is 2.70. The van der Waals surface area contributed by atoms with Crippen molar-refractivity contribution in [3.63, 3.8) is 0 Å². The van der Waals surface area contributed by atoms with E-state index in [-0.39, 0.29) is 0 Å². The smallest absolute Gasteiger partial charge is 0.00982 e. The van der Waals surface area contributed by atoms with Gasteiger partial charge in [0.05, 0.1) is 0 Å². The Hall–Kier alpha value is -0.480. The molecule has 0 N–H and O–H groups in total. The van der Waals surface area contributed by atoms with Gasteiger partial charge >= 0.3 is 0 Å². The average molecular weight is 195 g/mol. The molecule has 0 rings (SSSR count). The minimum absolute atomic E-state index is 0.766. The summed E-state index contributed by atoms with van der Waals surface area (Å²) in [6.45, 7) is 5.67. The molecule has 0 amide bonds. The molecule has 0 aromatic rings. The second-order valence-corrected chi connectivity index (χ2v) is 4.02. The molecule has 0 fully saturated rings. The summed E-state index contributed by atoms with van der Waals surface area (Å²) in [5.74, 6) is 2.70. The van der Waals surface area contributed by atoms with E-state index >= 15 is 0 Å². The summed E-state index contributed by atoms with van der Waals surface area (Å²) in [5.41, 5.74) is 0. The van der Waals surface area contributed by atoms with Crippen LogP contribution in [-0.2, 0) is 0 Å². The predicted molar refractivity (Wildman–Crippen MR) is 64.3 cm³/mol. The molecule has 0 spiro atoms. The molecule has 0 heterocycles. The van der Waals surface area contributed by atoms with Crippen molar-refractivity contribution in [3.8, 4) is 12.3 Å². The lowest BCUT2D eigenvalue weighted by Gasteiger charge is -2.27. The second-order valence-electron chi connectivity index (χ2n) is 4.02. The van der Waals surface area contributed by atoms with E-state index in [2.05, 4.69) is 31.7 Å². The summed E-state index contributed by atoms with van der Waals surface area (Å²) < 4.78 is 0. The summed E-state index contributed by atoms with van der Waals surface area (Å²) >= 11 is 0. The highest BCUT2D eigenvalue weighted by molar-refractivity contribution is 4.83. The van der Waals surface area contributed by atoms with Crippen molar-refractivity contribution < 1.29 is 0 Å². The molecule has 0 atom stereocenters. The predicted octanol–water partition coefficient (Wildman–Crippen LogP) is 3.30. The third kappa shape index (κ3) is 6.05. The van der Waals surface area contributed by atoms with Crippen LogP contribution in [0.1, 0.15) is 52.4 Å². The van der Waals surface area contributed by atoms with E-state index in [9.17, 15) is 0 Å². The van der Waals surface area contributed by atoms with E-state index in [0.29, 0.717) is 0 Å². The Morgan fingerprint density at radius 2 is 1.79 bits per heavy atom. The van der Waals surface area contributed by atoms with Gasteiger partial charge in [-0.15, -0.1) is 12.3 Å². The van der Waals surface area contributed by atoms with Gasteiger partial charge in [-0.3, -0.25) is 0 Å². The van der Waals surface area contributed by atoms with Crippen molar-refractivity contribution in [1.82, 2.24) is 4.90 Å². The van der Waals surface area contributed by atoms with Crippen LogP contribution in [0.15, 0.2) is 0 Å². The number of rotatable bonds is 8. The van der Waals surface area contributed by atoms with Gasteiger partial charge in [-0.2, -0.15) is 0 Å².